The zero-order valence-electron chi connectivity index (χ0n) is 6.43. The van der Waals surface area contributed by atoms with E-state index in [0.29, 0.717) is 12.4 Å². The summed E-state index contributed by atoms with van der Waals surface area (Å²) in [5.74, 6) is 5.40. The van der Waals surface area contributed by atoms with Gasteiger partial charge in [0.15, 0.2) is 0 Å². The minimum Gasteiger partial charge on any atom is -0.335 e. The third-order valence-electron chi connectivity index (χ3n) is 1.01. The van der Waals surface area contributed by atoms with E-state index in [1.807, 2.05) is 0 Å². The summed E-state index contributed by atoms with van der Waals surface area (Å²) in [7, 11) is 0. The van der Waals surface area contributed by atoms with Crippen LogP contribution >= 0.6 is 23.2 Å². The van der Waals surface area contributed by atoms with Gasteiger partial charge in [0.25, 0.3) is 0 Å². The summed E-state index contributed by atoms with van der Waals surface area (Å²) in [4.78, 5) is 15.3. The average Bonchev–Trinajstić information content (AvgIpc) is 2.10. The molecule has 2 amide bonds. The van der Waals surface area contributed by atoms with Gasteiger partial charge in [0.1, 0.15) is 0 Å². The van der Waals surface area contributed by atoms with E-state index in [2.05, 4.69) is 10.3 Å². The number of hydrogen-bond donors (Lipinski definition) is 2. The van der Waals surface area contributed by atoms with Gasteiger partial charge in [-0.1, -0.05) is 0 Å². The van der Waals surface area contributed by atoms with Crippen LogP contribution in [-0.4, -0.2) is 35.9 Å². The maximum Gasteiger partial charge on any atom is 0.342 e. The highest BCUT2D eigenvalue weighted by molar-refractivity contribution is 6.18. The minimum absolute atomic E-state index is 0.228. The number of urea groups is 1. The van der Waals surface area contributed by atoms with E-state index in [9.17, 15) is 4.79 Å². The Bertz CT molecular complexity index is 136. The first kappa shape index (κ1) is 11.8. The topological polar surface area (TPSA) is 67.6 Å². The number of rotatable bonds is 5. The van der Waals surface area contributed by atoms with Crippen LogP contribution in [0.2, 0.25) is 0 Å². The Morgan fingerprint density at radius 3 is 2.58 bits per heavy atom. The summed E-state index contributed by atoms with van der Waals surface area (Å²) >= 11 is 10.7. The number of halogens is 2. The molecule has 5 nitrogen and oxygen atoms in total. The van der Waals surface area contributed by atoms with Crippen LogP contribution in [0.1, 0.15) is 0 Å². The number of nitrogens with one attached hydrogen (secondary N) is 1. The number of nitrogens with two attached hydrogens (primary N) is 1. The molecule has 0 saturated heterocycles. The van der Waals surface area contributed by atoms with Crippen molar-refractivity contribution in [2.75, 3.05) is 24.8 Å². The summed E-state index contributed by atoms with van der Waals surface area (Å²) in [5.41, 5.74) is 0. The molecule has 3 N–H and O–H groups in total. The molecule has 12 heavy (non-hydrogen) atoms. The number of hydroxylamine groups is 2. The molecule has 0 aliphatic heterocycles. The van der Waals surface area contributed by atoms with Gasteiger partial charge in [-0.2, -0.15) is 15.9 Å². The van der Waals surface area contributed by atoms with Gasteiger partial charge in [0.05, 0.1) is 6.54 Å². The van der Waals surface area contributed by atoms with Crippen molar-refractivity contribution in [3.05, 3.63) is 0 Å². The van der Waals surface area contributed by atoms with Gasteiger partial charge in [0.2, 0.25) is 0 Å². The van der Waals surface area contributed by atoms with Crippen LogP contribution in [0.15, 0.2) is 0 Å². The van der Waals surface area contributed by atoms with Gasteiger partial charge in [-0.05, 0) is 0 Å². The second kappa shape index (κ2) is 7.42. The molecule has 0 rings (SSSR count). The Morgan fingerprint density at radius 1 is 1.50 bits per heavy atom. The first-order valence-corrected chi connectivity index (χ1v) is 4.37. The molecule has 0 bridgehead atoms. The Labute approximate surface area is 80.6 Å². The van der Waals surface area contributed by atoms with E-state index in [1.54, 1.807) is 0 Å². The number of carbonyl (C=O) groups excluding carboxylic acids is 1. The van der Waals surface area contributed by atoms with Crippen molar-refractivity contribution in [1.82, 2.24) is 10.4 Å². The maximum absolute atomic E-state index is 11.0. The fourth-order valence-corrected chi connectivity index (χ4v) is 0.769. The lowest BCUT2D eigenvalue weighted by Gasteiger charge is -2.17. The molecule has 0 atom stereocenters. The highest BCUT2D eigenvalue weighted by atomic mass is 35.5. The molecule has 0 spiro atoms. The predicted octanol–water partition coefficient (Wildman–Crippen LogP) is 0.281. The molecule has 0 radical (unpaired) electrons. The molecule has 0 aromatic heterocycles. The molecule has 0 aromatic carbocycles. The van der Waals surface area contributed by atoms with Crippen LogP contribution in [0.4, 0.5) is 4.79 Å². The van der Waals surface area contributed by atoms with E-state index < -0.39 is 6.03 Å². The lowest BCUT2D eigenvalue weighted by molar-refractivity contribution is -0.116. The van der Waals surface area contributed by atoms with Crippen LogP contribution < -0.4 is 11.2 Å². The monoisotopic (exact) mass is 215 g/mol. The van der Waals surface area contributed by atoms with Crippen molar-refractivity contribution in [1.29, 1.82) is 0 Å². The lowest BCUT2D eigenvalue weighted by atomic mass is 10.7. The largest absolute Gasteiger partial charge is 0.342 e. The van der Waals surface area contributed by atoms with Gasteiger partial charge in [-0.15, -0.1) is 23.2 Å². The SMILES string of the molecule is NON(CCCl)C(=O)NCCCl. The minimum atomic E-state index is -0.446. The number of amides is 2. The zero-order valence-corrected chi connectivity index (χ0v) is 7.94. The average molecular weight is 216 g/mol. The quantitative estimate of drug-likeness (QED) is 0.512. The maximum atomic E-state index is 11.0. The fraction of sp³-hybridized carbons (Fsp3) is 0.800. The molecule has 0 fully saturated rings. The summed E-state index contributed by atoms with van der Waals surface area (Å²) in [6.45, 7) is 0.592. The second-order valence-corrected chi connectivity index (χ2v) is 2.57. The molecule has 0 aromatic rings. The second-order valence-electron chi connectivity index (χ2n) is 1.82. The first-order valence-electron chi connectivity index (χ1n) is 3.30. The Kier molecular flexibility index (Phi) is 7.28. The Balaban J connectivity index is 3.69. The molecule has 0 unspecified atom stereocenters. The van der Waals surface area contributed by atoms with Crippen LogP contribution in [-0.2, 0) is 4.94 Å². The van der Waals surface area contributed by atoms with Crippen molar-refractivity contribution in [3.63, 3.8) is 0 Å². The lowest BCUT2D eigenvalue weighted by Crippen LogP contribution is -2.43. The summed E-state index contributed by atoms with van der Waals surface area (Å²) in [6.07, 6.45) is 0. The molecule has 7 heteroatoms. The third kappa shape index (κ3) is 4.61. The zero-order chi connectivity index (χ0) is 9.40. The Morgan fingerprint density at radius 2 is 2.17 bits per heavy atom. The van der Waals surface area contributed by atoms with Gasteiger partial charge < -0.3 is 5.32 Å². The van der Waals surface area contributed by atoms with E-state index in [1.165, 1.54) is 0 Å². The van der Waals surface area contributed by atoms with E-state index in [0.717, 1.165) is 5.06 Å². The molecular formula is C5H11Cl2N3O2. The molecule has 0 aliphatic rings. The van der Waals surface area contributed by atoms with Gasteiger partial charge in [0, 0.05) is 18.3 Å². The molecule has 0 aliphatic carbocycles. The van der Waals surface area contributed by atoms with Crippen LogP contribution in [0.5, 0.6) is 0 Å². The fourth-order valence-electron chi connectivity index (χ4n) is 0.521. The summed E-state index contributed by atoms with van der Waals surface area (Å²) < 4.78 is 0. The van der Waals surface area contributed by atoms with Crippen molar-refractivity contribution < 1.29 is 9.73 Å². The van der Waals surface area contributed by atoms with E-state index in [4.69, 9.17) is 29.1 Å². The molecule has 0 saturated carbocycles. The highest BCUT2D eigenvalue weighted by Crippen LogP contribution is 1.89. The number of nitrogens with zero attached hydrogens (tertiary/aromatic N) is 1. The number of carbonyl (C=O) groups is 1. The van der Waals surface area contributed by atoms with E-state index in [-0.39, 0.29) is 12.4 Å². The van der Waals surface area contributed by atoms with Gasteiger partial charge >= 0.3 is 6.03 Å². The molecule has 72 valence electrons. The number of hydrogen-bond acceptors (Lipinski definition) is 3. The van der Waals surface area contributed by atoms with Crippen molar-refractivity contribution in [3.8, 4) is 0 Å². The van der Waals surface area contributed by atoms with Gasteiger partial charge in [-0.25, -0.2) is 4.79 Å². The van der Waals surface area contributed by atoms with Crippen LogP contribution in [0.25, 0.3) is 0 Å². The molecular weight excluding hydrogens is 205 g/mol. The van der Waals surface area contributed by atoms with Crippen LogP contribution in [0, 0.1) is 0 Å². The van der Waals surface area contributed by atoms with Crippen molar-refractivity contribution >= 4 is 29.2 Å². The Hall–Kier alpha value is -0.230. The van der Waals surface area contributed by atoms with Crippen molar-refractivity contribution in [2.45, 2.75) is 0 Å². The van der Waals surface area contributed by atoms with E-state index >= 15 is 0 Å². The third-order valence-corrected chi connectivity index (χ3v) is 1.37. The predicted molar refractivity (Wildman–Crippen MR) is 46.8 cm³/mol. The number of alkyl halides is 2. The smallest absolute Gasteiger partial charge is 0.335 e. The highest BCUT2D eigenvalue weighted by Gasteiger charge is 2.11. The standard InChI is InChI=1S/C5H11Cl2N3O2/c6-1-3-9-5(11)10(12-8)4-2-7/h1-4,8H2,(H,9,11). The molecule has 0 heterocycles. The van der Waals surface area contributed by atoms with Gasteiger partial charge in [-0.3, -0.25) is 0 Å². The first-order chi connectivity index (χ1) is 5.76. The summed E-state index contributed by atoms with van der Waals surface area (Å²) in [5, 5.41) is 3.38. The normalized spacial score (nSPS) is 9.58. The van der Waals surface area contributed by atoms with Crippen LogP contribution in [0.3, 0.4) is 0 Å². The van der Waals surface area contributed by atoms with Crippen molar-refractivity contribution in [2.24, 2.45) is 5.90 Å². The summed E-state index contributed by atoms with van der Waals surface area (Å²) in [6, 6.07) is -0.446.